The molecule has 1 aliphatic heterocycles. The van der Waals surface area contributed by atoms with Crippen LogP contribution in [0.4, 0.5) is 4.39 Å². The van der Waals surface area contributed by atoms with E-state index in [1.54, 1.807) is 12.1 Å². The molecule has 0 spiro atoms. The van der Waals surface area contributed by atoms with Crippen molar-refractivity contribution in [3.8, 4) is 11.1 Å². The lowest BCUT2D eigenvalue weighted by Crippen LogP contribution is -2.49. The summed E-state index contributed by atoms with van der Waals surface area (Å²) in [5.41, 5.74) is 3.01. The highest BCUT2D eigenvalue weighted by Gasteiger charge is 2.56. The van der Waals surface area contributed by atoms with Gasteiger partial charge in [-0.15, -0.1) is 0 Å². The molecular formula is C28H25FN2O2. The molecule has 0 bridgehead atoms. The van der Waals surface area contributed by atoms with Gasteiger partial charge in [-0.2, -0.15) is 10.2 Å². The van der Waals surface area contributed by atoms with E-state index in [0.29, 0.717) is 12.6 Å². The lowest BCUT2D eigenvalue weighted by molar-refractivity contribution is -0.123. The van der Waals surface area contributed by atoms with Crippen LogP contribution in [-0.4, -0.2) is 24.2 Å². The Kier molecular flexibility index (Phi) is 5.71. The Morgan fingerprint density at radius 3 is 2.18 bits per heavy atom. The van der Waals surface area contributed by atoms with Crippen molar-refractivity contribution in [3.63, 3.8) is 0 Å². The molecule has 0 amide bonds. The van der Waals surface area contributed by atoms with Crippen LogP contribution < -0.4 is 0 Å². The zero-order valence-electron chi connectivity index (χ0n) is 18.2. The zero-order valence-corrected chi connectivity index (χ0v) is 18.2. The fraction of sp³-hybridized carbons (Fsp3) is 0.286. The highest BCUT2D eigenvalue weighted by Crippen LogP contribution is 2.51. The number of hydrogen-bond donors (Lipinski definition) is 0. The lowest BCUT2D eigenvalue weighted by atomic mass is 9.61. The summed E-state index contributed by atoms with van der Waals surface area (Å²) >= 11 is 0. The maximum absolute atomic E-state index is 13.5. The van der Waals surface area contributed by atoms with Crippen LogP contribution in [0.1, 0.15) is 29.9 Å². The normalized spacial score (nSPS) is 25.4. The number of carbonyl (C=O) groups is 2. The van der Waals surface area contributed by atoms with E-state index in [-0.39, 0.29) is 29.6 Å². The Hall–Kier alpha value is -3.47. The molecule has 3 aromatic carbocycles. The molecule has 3 aromatic rings. The first-order valence-electron chi connectivity index (χ1n) is 11.4. The first-order valence-corrected chi connectivity index (χ1v) is 11.4. The Labute approximate surface area is 192 Å². The molecule has 0 saturated heterocycles. The average molecular weight is 441 g/mol. The van der Waals surface area contributed by atoms with E-state index in [9.17, 15) is 14.0 Å². The van der Waals surface area contributed by atoms with Crippen LogP contribution in [0, 0.1) is 17.7 Å². The van der Waals surface area contributed by atoms with E-state index in [1.807, 2.05) is 18.2 Å². The molecule has 5 heteroatoms. The zero-order chi connectivity index (χ0) is 22.8. The van der Waals surface area contributed by atoms with Gasteiger partial charge in [0.15, 0.2) is 18.1 Å². The van der Waals surface area contributed by atoms with E-state index >= 15 is 0 Å². The third-order valence-corrected chi connectivity index (χ3v) is 7.27. The second-order valence-electron chi connectivity index (χ2n) is 9.12. The minimum atomic E-state index is -1.46. The Morgan fingerprint density at radius 1 is 0.848 bits per heavy atom. The third-order valence-electron chi connectivity index (χ3n) is 7.27. The second kappa shape index (κ2) is 8.81. The fourth-order valence-corrected chi connectivity index (χ4v) is 5.58. The molecule has 4 atom stereocenters. The van der Waals surface area contributed by atoms with E-state index in [4.69, 9.17) is 0 Å². The van der Waals surface area contributed by atoms with Crippen LogP contribution in [0.3, 0.4) is 0 Å². The SMILES string of the molecule is O=CC1(C=O)N=NC2C(Cc3ccc(-c4ccccc4)cc3)CCC(c3ccc(F)cc3)C21. The van der Waals surface area contributed by atoms with Gasteiger partial charge in [-0.3, -0.25) is 0 Å². The maximum atomic E-state index is 13.5. The molecule has 1 fully saturated rings. The summed E-state index contributed by atoms with van der Waals surface area (Å²) < 4.78 is 13.5. The van der Waals surface area contributed by atoms with E-state index < -0.39 is 5.54 Å². The minimum Gasteiger partial charge on any atom is -0.300 e. The Bertz CT molecular complexity index is 1150. The number of fused-ring (bicyclic) bond motifs is 1. The van der Waals surface area contributed by atoms with Crippen LogP contribution in [-0.2, 0) is 16.0 Å². The van der Waals surface area contributed by atoms with E-state index in [2.05, 4.69) is 46.6 Å². The van der Waals surface area contributed by atoms with Gasteiger partial charge in [0.25, 0.3) is 0 Å². The van der Waals surface area contributed by atoms with Crippen LogP contribution in [0.15, 0.2) is 89.1 Å². The molecule has 0 aromatic heterocycles. The number of azo groups is 1. The molecule has 33 heavy (non-hydrogen) atoms. The van der Waals surface area contributed by atoms with Crippen LogP contribution in [0.5, 0.6) is 0 Å². The van der Waals surface area contributed by atoms with Crippen LogP contribution in [0.2, 0.25) is 0 Å². The summed E-state index contributed by atoms with van der Waals surface area (Å²) in [5, 5.41) is 8.68. The van der Waals surface area contributed by atoms with Gasteiger partial charge in [0.2, 0.25) is 0 Å². The first kappa shape index (κ1) is 21.4. The average Bonchev–Trinajstić information content (AvgIpc) is 3.27. The summed E-state index contributed by atoms with van der Waals surface area (Å²) in [6, 6.07) is 24.9. The summed E-state index contributed by atoms with van der Waals surface area (Å²) in [5.74, 6) is -0.543. The predicted octanol–water partition coefficient (Wildman–Crippen LogP) is 5.82. The maximum Gasteiger partial charge on any atom is 0.196 e. The van der Waals surface area contributed by atoms with Crippen molar-refractivity contribution in [2.24, 2.45) is 22.1 Å². The summed E-state index contributed by atoms with van der Waals surface area (Å²) in [4.78, 5) is 24.1. The molecule has 0 radical (unpaired) electrons. The van der Waals surface area contributed by atoms with Crippen molar-refractivity contribution in [1.29, 1.82) is 0 Å². The minimum absolute atomic E-state index is 0.0716. The van der Waals surface area contributed by atoms with Crippen molar-refractivity contribution in [1.82, 2.24) is 0 Å². The molecule has 166 valence electrons. The largest absolute Gasteiger partial charge is 0.300 e. The van der Waals surface area contributed by atoms with Crippen molar-refractivity contribution in [3.05, 3.63) is 95.8 Å². The number of aldehydes is 2. The van der Waals surface area contributed by atoms with Gasteiger partial charge in [0.05, 0.1) is 6.04 Å². The lowest BCUT2D eigenvalue weighted by Gasteiger charge is -2.41. The van der Waals surface area contributed by atoms with Crippen LogP contribution >= 0.6 is 0 Å². The van der Waals surface area contributed by atoms with E-state index in [0.717, 1.165) is 24.8 Å². The molecule has 4 nitrogen and oxygen atoms in total. The number of carbonyl (C=O) groups excluding carboxylic acids is 2. The summed E-state index contributed by atoms with van der Waals surface area (Å²) in [7, 11) is 0. The smallest absolute Gasteiger partial charge is 0.196 e. The quantitative estimate of drug-likeness (QED) is 0.358. The number of nitrogens with zero attached hydrogens (tertiary/aromatic N) is 2. The predicted molar refractivity (Wildman–Crippen MR) is 124 cm³/mol. The van der Waals surface area contributed by atoms with Gasteiger partial charge in [-0.05, 0) is 65.5 Å². The Morgan fingerprint density at radius 2 is 1.52 bits per heavy atom. The molecule has 1 aliphatic carbocycles. The molecule has 4 unspecified atom stereocenters. The third kappa shape index (κ3) is 3.92. The number of halogens is 1. The standard InChI is InChI=1S/C28H25FN2O2/c29-24-13-10-22(11-14-24)25-15-12-23(27-26(25)28(17-32,18-33)31-30-27)16-19-6-8-21(9-7-19)20-4-2-1-3-5-20/h1-11,13-14,17-18,23,25-27H,12,15-16H2. The van der Waals surface area contributed by atoms with Crippen molar-refractivity contribution in [2.45, 2.75) is 36.8 Å². The number of rotatable bonds is 6. The fourth-order valence-electron chi connectivity index (χ4n) is 5.58. The van der Waals surface area contributed by atoms with Crippen LogP contribution in [0.25, 0.3) is 11.1 Å². The highest BCUT2D eigenvalue weighted by molar-refractivity contribution is 5.91. The molecule has 2 aliphatic rings. The molecule has 5 rings (SSSR count). The topological polar surface area (TPSA) is 58.9 Å². The van der Waals surface area contributed by atoms with Gasteiger partial charge in [0.1, 0.15) is 5.82 Å². The highest BCUT2D eigenvalue weighted by atomic mass is 19.1. The van der Waals surface area contributed by atoms with Crippen molar-refractivity contribution >= 4 is 12.6 Å². The number of benzene rings is 3. The molecule has 1 heterocycles. The molecular weight excluding hydrogens is 415 g/mol. The van der Waals surface area contributed by atoms with Crippen molar-refractivity contribution < 1.29 is 14.0 Å². The monoisotopic (exact) mass is 440 g/mol. The van der Waals surface area contributed by atoms with Crippen molar-refractivity contribution in [2.75, 3.05) is 0 Å². The molecule has 1 saturated carbocycles. The number of hydrogen-bond acceptors (Lipinski definition) is 4. The van der Waals surface area contributed by atoms with E-state index in [1.165, 1.54) is 28.8 Å². The summed E-state index contributed by atoms with van der Waals surface area (Å²) in [6.07, 6.45) is 3.78. The van der Waals surface area contributed by atoms with Gasteiger partial charge < -0.3 is 9.59 Å². The van der Waals surface area contributed by atoms with Gasteiger partial charge in [-0.25, -0.2) is 4.39 Å². The first-order chi connectivity index (χ1) is 16.1. The van der Waals surface area contributed by atoms with Gasteiger partial charge in [-0.1, -0.05) is 66.7 Å². The van der Waals surface area contributed by atoms with Gasteiger partial charge >= 0.3 is 0 Å². The van der Waals surface area contributed by atoms with Gasteiger partial charge in [0, 0.05) is 5.92 Å². The summed E-state index contributed by atoms with van der Waals surface area (Å²) in [6.45, 7) is 0. The molecule has 0 N–H and O–H groups in total. The Balaban J connectivity index is 1.40. The second-order valence-corrected chi connectivity index (χ2v) is 9.12.